The molecule has 3 N–H and O–H groups in total. The average molecular weight is 555 g/mol. The Hall–Kier alpha value is -2.54. The number of rotatable bonds is 7. The van der Waals surface area contributed by atoms with Gasteiger partial charge in [-0.3, -0.25) is 4.90 Å². The van der Waals surface area contributed by atoms with Gasteiger partial charge in [-0.2, -0.15) is 0 Å². The zero-order valence-electron chi connectivity index (χ0n) is 25.1. The highest BCUT2D eigenvalue weighted by atomic mass is 16.7. The number of nitrogens with zero attached hydrogens (tertiary/aromatic N) is 1. The molecular formula is C36H46N2O3. The van der Waals surface area contributed by atoms with E-state index in [0.717, 1.165) is 46.5 Å². The maximum Gasteiger partial charge on any atom is 0.184 e. The van der Waals surface area contributed by atoms with Crippen LogP contribution in [0.2, 0.25) is 0 Å². The van der Waals surface area contributed by atoms with Gasteiger partial charge < -0.3 is 20.3 Å². The van der Waals surface area contributed by atoms with E-state index in [1.54, 1.807) is 0 Å². The molecule has 6 rings (SSSR count). The summed E-state index contributed by atoms with van der Waals surface area (Å²) in [5.74, 6) is 0.178. The van der Waals surface area contributed by atoms with Crippen LogP contribution in [-0.4, -0.2) is 35.2 Å². The summed E-state index contributed by atoms with van der Waals surface area (Å²) in [5, 5.41) is 9.60. The zero-order chi connectivity index (χ0) is 28.8. The van der Waals surface area contributed by atoms with Crippen molar-refractivity contribution in [3.05, 3.63) is 95.1 Å². The first-order valence-corrected chi connectivity index (χ1v) is 15.3. The molecule has 41 heavy (non-hydrogen) atoms. The SMILES string of the molecule is C[C@@H]1[C@H](CN2CC3(C)CC2CC(C)(C)C3)O[C@H](c2cccc(-c3cccc(CN)c3)c2)O[C@@H]1c1ccc(CO)cc1. The lowest BCUT2D eigenvalue weighted by atomic mass is 9.65. The summed E-state index contributed by atoms with van der Waals surface area (Å²) in [6.07, 6.45) is 3.28. The third-order valence-corrected chi connectivity index (χ3v) is 9.72. The molecule has 0 radical (unpaired) electrons. The number of likely N-dealkylation sites (tertiary alicyclic amines) is 1. The molecule has 0 spiro atoms. The second kappa shape index (κ2) is 11.3. The van der Waals surface area contributed by atoms with E-state index in [1.807, 2.05) is 12.1 Å². The van der Waals surface area contributed by atoms with Gasteiger partial charge in [0.1, 0.15) is 0 Å². The van der Waals surface area contributed by atoms with Crippen LogP contribution in [0.3, 0.4) is 0 Å². The Labute approximate surface area is 245 Å². The normalized spacial score (nSPS) is 31.3. The third-order valence-electron chi connectivity index (χ3n) is 9.72. The van der Waals surface area contributed by atoms with Crippen LogP contribution in [0.4, 0.5) is 0 Å². The molecule has 0 amide bonds. The third kappa shape index (κ3) is 6.02. The Balaban J connectivity index is 1.30. The van der Waals surface area contributed by atoms with Crippen molar-refractivity contribution < 1.29 is 14.6 Å². The number of nitrogens with two attached hydrogens (primary N) is 1. The lowest BCUT2D eigenvalue weighted by Gasteiger charge is -2.43. The number of hydrogen-bond acceptors (Lipinski definition) is 5. The Morgan fingerprint density at radius 2 is 1.61 bits per heavy atom. The molecule has 5 heteroatoms. The van der Waals surface area contributed by atoms with E-state index in [0.29, 0.717) is 23.4 Å². The zero-order valence-corrected chi connectivity index (χ0v) is 25.1. The van der Waals surface area contributed by atoms with Crippen molar-refractivity contribution >= 4 is 0 Å². The maximum absolute atomic E-state index is 9.60. The highest BCUT2D eigenvalue weighted by Crippen LogP contribution is 2.53. The number of ether oxygens (including phenoxy) is 2. The van der Waals surface area contributed by atoms with Crippen LogP contribution in [0.1, 0.15) is 81.6 Å². The molecule has 2 unspecified atom stereocenters. The highest BCUT2D eigenvalue weighted by Gasteiger charge is 2.51. The minimum atomic E-state index is -0.467. The Morgan fingerprint density at radius 1 is 0.878 bits per heavy atom. The minimum absolute atomic E-state index is 0.0338. The van der Waals surface area contributed by atoms with Crippen molar-refractivity contribution in [2.24, 2.45) is 22.5 Å². The van der Waals surface area contributed by atoms with Gasteiger partial charge in [0.2, 0.25) is 0 Å². The number of hydrogen-bond donors (Lipinski definition) is 2. The molecule has 0 aromatic heterocycles. The van der Waals surface area contributed by atoms with Crippen molar-refractivity contribution in [3.8, 4) is 11.1 Å². The predicted octanol–water partition coefficient (Wildman–Crippen LogP) is 7.00. The molecule has 3 aromatic rings. The Morgan fingerprint density at radius 3 is 2.34 bits per heavy atom. The quantitative estimate of drug-likeness (QED) is 0.329. The van der Waals surface area contributed by atoms with E-state index in [-0.39, 0.29) is 24.7 Å². The molecule has 6 atom stereocenters. The summed E-state index contributed by atoms with van der Waals surface area (Å²) in [6.45, 7) is 12.2. The first-order chi connectivity index (χ1) is 19.6. The van der Waals surface area contributed by atoms with E-state index >= 15 is 0 Å². The minimum Gasteiger partial charge on any atom is -0.392 e. The van der Waals surface area contributed by atoms with Gasteiger partial charge in [-0.1, -0.05) is 88.4 Å². The molecule has 218 valence electrons. The van der Waals surface area contributed by atoms with Crippen LogP contribution in [0, 0.1) is 16.7 Å². The topological polar surface area (TPSA) is 68.0 Å². The molecular weight excluding hydrogens is 508 g/mol. The molecule has 3 fully saturated rings. The van der Waals surface area contributed by atoms with Gasteiger partial charge in [0, 0.05) is 37.2 Å². The van der Waals surface area contributed by atoms with Crippen LogP contribution >= 0.6 is 0 Å². The van der Waals surface area contributed by atoms with Gasteiger partial charge >= 0.3 is 0 Å². The van der Waals surface area contributed by atoms with Gasteiger partial charge in [0.15, 0.2) is 6.29 Å². The smallest absolute Gasteiger partial charge is 0.184 e. The van der Waals surface area contributed by atoms with E-state index in [1.165, 1.54) is 19.3 Å². The second-order valence-electron chi connectivity index (χ2n) is 14.0. The fraction of sp³-hybridized carbons (Fsp3) is 0.500. The fourth-order valence-corrected chi connectivity index (χ4v) is 8.09. The summed E-state index contributed by atoms with van der Waals surface area (Å²) in [6, 6.07) is 25.8. The van der Waals surface area contributed by atoms with Crippen molar-refractivity contribution in [1.82, 2.24) is 4.90 Å². The molecule has 3 aromatic carbocycles. The fourth-order valence-electron chi connectivity index (χ4n) is 8.09. The van der Waals surface area contributed by atoms with Gasteiger partial charge in [-0.25, -0.2) is 0 Å². The van der Waals surface area contributed by atoms with E-state index in [4.69, 9.17) is 15.2 Å². The van der Waals surface area contributed by atoms with E-state index < -0.39 is 6.29 Å². The number of benzene rings is 3. The maximum atomic E-state index is 9.60. The lowest BCUT2D eigenvalue weighted by molar-refractivity contribution is -0.276. The van der Waals surface area contributed by atoms with Gasteiger partial charge in [0.25, 0.3) is 0 Å². The lowest BCUT2D eigenvalue weighted by Crippen LogP contribution is -2.46. The summed E-state index contributed by atoms with van der Waals surface area (Å²) in [7, 11) is 0. The van der Waals surface area contributed by atoms with Crippen molar-refractivity contribution in [2.75, 3.05) is 13.1 Å². The predicted molar refractivity (Wildman–Crippen MR) is 164 cm³/mol. The molecule has 1 aliphatic carbocycles. The van der Waals surface area contributed by atoms with Crippen LogP contribution in [0.15, 0.2) is 72.8 Å². The monoisotopic (exact) mass is 554 g/mol. The molecule has 2 heterocycles. The van der Waals surface area contributed by atoms with Gasteiger partial charge in [0.05, 0.1) is 18.8 Å². The summed E-state index contributed by atoms with van der Waals surface area (Å²) >= 11 is 0. The number of aliphatic hydroxyl groups excluding tert-OH is 1. The summed E-state index contributed by atoms with van der Waals surface area (Å²) in [4.78, 5) is 2.72. The standard InChI is InChI=1S/C36H46N2O3/c1-24-32(20-38-23-36(4)18-31(38)17-35(2,3)22-36)40-34(41-33(24)27-13-11-25(21-39)12-14-27)30-10-6-9-29(16-30)28-8-5-7-26(15-28)19-37/h5-16,24,31-34,39H,17-23,37H2,1-4H3/t24-,31?,32+,33+,34+,36?/m1/s1. The average Bonchev–Trinajstić information content (AvgIpc) is 3.21. The largest absolute Gasteiger partial charge is 0.392 e. The second-order valence-corrected chi connectivity index (χ2v) is 14.0. The molecule has 1 saturated carbocycles. The van der Waals surface area contributed by atoms with Gasteiger partial charge in [-0.05, 0) is 70.0 Å². The van der Waals surface area contributed by atoms with Crippen LogP contribution in [0.25, 0.3) is 11.1 Å². The summed E-state index contributed by atoms with van der Waals surface area (Å²) < 4.78 is 13.7. The molecule has 3 aliphatic rings. The van der Waals surface area contributed by atoms with Crippen molar-refractivity contribution in [1.29, 1.82) is 0 Å². The first-order valence-electron chi connectivity index (χ1n) is 15.3. The van der Waals surface area contributed by atoms with Crippen molar-refractivity contribution in [2.45, 2.75) is 84.6 Å². The molecule has 2 saturated heterocycles. The van der Waals surface area contributed by atoms with E-state index in [2.05, 4.69) is 93.3 Å². The molecule has 2 bridgehead atoms. The number of fused-ring (bicyclic) bond motifs is 2. The van der Waals surface area contributed by atoms with Crippen molar-refractivity contribution in [3.63, 3.8) is 0 Å². The summed E-state index contributed by atoms with van der Waals surface area (Å²) in [5.41, 5.74) is 13.2. The van der Waals surface area contributed by atoms with E-state index in [9.17, 15) is 5.11 Å². The van der Waals surface area contributed by atoms with Gasteiger partial charge in [-0.15, -0.1) is 0 Å². The molecule has 5 nitrogen and oxygen atoms in total. The van der Waals surface area contributed by atoms with Crippen LogP contribution < -0.4 is 5.73 Å². The van der Waals surface area contributed by atoms with Crippen LogP contribution in [-0.2, 0) is 22.6 Å². The Bertz CT molecular complexity index is 1350. The number of aliphatic hydroxyl groups is 1. The first kappa shape index (κ1) is 28.6. The van der Waals surface area contributed by atoms with Crippen LogP contribution in [0.5, 0.6) is 0 Å². The molecule has 2 aliphatic heterocycles. The Kier molecular flexibility index (Phi) is 7.86. The highest BCUT2D eigenvalue weighted by molar-refractivity contribution is 5.65.